The standard InChI is InChI=1S/C21H27N3O2/c1-16(2)20(18-11-7-4-8-12-18)24-19(25)13-14-22-21(26)23-15-17-9-5-3-6-10-17/h3-12,16,20H,13-15H2,1-2H3,(H,24,25)(H2,22,23,26). The second-order valence-corrected chi connectivity index (χ2v) is 6.54. The molecular weight excluding hydrogens is 326 g/mol. The Morgan fingerprint density at radius 3 is 2.12 bits per heavy atom. The fourth-order valence-electron chi connectivity index (χ4n) is 2.67. The molecule has 0 aromatic heterocycles. The summed E-state index contributed by atoms with van der Waals surface area (Å²) < 4.78 is 0. The van der Waals surface area contributed by atoms with E-state index < -0.39 is 0 Å². The van der Waals surface area contributed by atoms with E-state index in [-0.39, 0.29) is 30.3 Å². The minimum Gasteiger partial charge on any atom is -0.349 e. The largest absolute Gasteiger partial charge is 0.349 e. The van der Waals surface area contributed by atoms with Gasteiger partial charge in [-0.15, -0.1) is 0 Å². The van der Waals surface area contributed by atoms with Crippen LogP contribution in [0.2, 0.25) is 0 Å². The Bertz CT molecular complexity index is 687. The summed E-state index contributed by atoms with van der Waals surface area (Å²) in [5, 5.41) is 8.54. The predicted molar refractivity (Wildman–Crippen MR) is 103 cm³/mol. The number of amides is 3. The van der Waals surface area contributed by atoms with Gasteiger partial charge >= 0.3 is 6.03 Å². The van der Waals surface area contributed by atoms with Crippen LogP contribution in [0.1, 0.15) is 37.4 Å². The van der Waals surface area contributed by atoms with E-state index in [1.54, 1.807) is 0 Å². The molecule has 0 radical (unpaired) electrons. The van der Waals surface area contributed by atoms with Gasteiger partial charge < -0.3 is 16.0 Å². The average molecular weight is 353 g/mol. The van der Waals surface area contributed by atoms with Crippen molar-refractivity contribution in [3.05, 3.63) is 71.8 Å². The molecule has 2 aromatic carbocycles. The van der Waals surface area contributed by atoms with Crippen LogP contribution in [0.5, 0.6) is 0 Å². The summed E-state index contributed by atoms with van der Waals surface area (Å²) in [6.45, 7) is 4.91. The molecule has 0 bridgehead atoms. The molecule has 0 aliphatic carbocycles. The summed E-state index contributed by atoms with van der Waals surface area (Å²) in [7, 11) is 0. The lowest BCUT2D eigenvalue weighted by Crippen LogP contribution is -2.38. The Kier molecular flexibility index (Phi) is 7.68. The first-order chi connectivity index (χ1) is 12.6. The molecule has 1 unspecified atom stereocenters. The lowest BCUT2D eigenvalue weighted by Gasteiger charge is -2.23. The van der Waals surface area contributed by atoms with E-state index in [0.29, 0.717) is 13.1 Å². The second-order valence-electron chi connectivity index (χ2n) is 6.54. The predicted octanol–water partition coefficient (Wildman–Crippen LogP) is 3.39. The third-order valence-electron chi connectivity index (χ3n) is 4.08. The molecule has 1 atom stereocenters. The maximum atomic E-state index is 12.2. The quantitative estimate of drug-likeness (QED) is 0.681. The molecule has 0 saturated heterocycles. The second kappa shape index (κ2) is 10.2. The van der Waals surface area contributed by atoms with Gasteiger partial charge in [-0.05, 0) is 17.0 Å². The van der Waals surface area contributed by atoms with Crippen LogP contribution in [0.15, 0.2) is 60.7 Å². The highest BCUT2D eigenvalue weighted by Crippen LogP contribution is 2.21. The maximum absolute atomic E-state index is 12.2. The van der Waals surface area contributed by atoms with Crippen molar-refractivity contribution < 1.29 is 9.59 Å². The molecule has 2 aromatic rings. The zero-order chi connectivity index (χ0) is 18.8. The number of carbonyl (C=O) groups excluding carboxylic acids is 2. The highest BCUT2D eigenvalue weighted by Gasteiger charge is 2.17. The van der Waals surface area contributed by atoms with Gasteiger partial charge in [-0.1, -0.05) is 74.5 Å². The molecule has 0 heterocycles. The van der Waals surface area contributed by atoms with Crippen LogP contribution in [-0.2, 0) is 11.3 Å². The SMILES string of the molecule is CC(C)C(NC(=O)CCNC(=O)NCc1ccccc1)c1ccccc1. The highest BCUT2D eigenvalue weighted by atomic mass is 16.2. The van der Waals surface area contributed by atoms with Crippen molar-refractivity contribution in [1.82, 2.24) is 16.0 Å². The minimum atomic E-state index is -0.273. The van der Waals surface area contributed by atoms with Crippen molar-refractivity contribution in [2.75, 3.05) is 6.54 Å². The molecular formula is C21H27N3O2. The fraction of sp³-hybridized carbons (Fsp3) is 0.333. The van der Waals surface area contributed by atoms with Gasteiger partial charge in [0, 0.05) is 19.5 Å². The molecule has 5 nitrogen and oxygen atoms in total. The molecule has 0 aliphatic rings. The fourth-order valence-corrected chi connectivity index (χ4v) is 2.67. The smallest absolute Gasteiger partial charge is 0.315 e. The van der Waals surface area contributed by atoms with Gasteiger partial charge in [-0.25, -0.2) is 4.79 Å². The topological polar surface area (TPSA) is 70.2 Å². The summed E-state index contributed by atoms with van der Waals surface area (Å²) in [6, 6.07) is 19.3. The summed E-state index contributed by atoms with van der Waals surface area (Å²) in [5.74, 6) is 0.208. The number of carbonyl (C=O) groups is 2. The Morgan fingerprint density at radius 2 is 1.50 bits per heavy atom. The zero-order valence-electron chi connectivity index (χ0n) is 15.4. The average Bonchev–Trinajstić information content (AvgIpc) is 2.66. The molecule has 0 aliphatic heterocycles. The number of hydrogen-bond donors (Lipinski definition) is 3. The number of urea groups is 1. The Labute approximate surface area is 155 Å². The minimum absolute atomic E-state index is 0.0318. The third kappa shape index (κ3) is 6.59. The summed E-state index contributed by atoms with van der Waals surface area (Å²) in [4.78, 5) is 24.0. The van der Waals surface area contributed by atoms with Gasteiger partial charge in [-0.2, -0.15) is 0 Å². The van der Waals surface area contributed by atoms with Gasteiger partial charge in [0.25, 0.3) is 0 Å². The molecule has 0 spiro atoms. The number of hydrogen-bond acceptors (Lipinski definition) is 2. The maximum Gasteiger partial charge on any atom is 0.315 e. The molecule has 2 rings (SSSR count). The van der Waals surface area contributed by atoms with Crippen LogP contribution < -0.4 is 16.0 Å². The summed E-state index contributed by atoms with van der Waals surface area (Å²) >= 11 is 0. The summed E-state index contributed by atoms with van der Waals surface area (Å²) in [5.41, 5.74) is 2.12. The monoisotopic (exact) mass is 353 g/mol. The zero-order valence-corrected chi connectivity index (χ0v) is 15.4. The van der Waals surface area contributed by atoms with E-state index in [4.69, 9.17) is 0 Å². The van der Waals surface area contributed by atoms with Crippen molar-refractivity contribution >= 4 is 11.9 Å². The van der Waals surface area contributed by atoms with Gasteiger partial charge in [0.15, 0.2) is 0 Å². The Hall–Kier alpha value is -2.82. The number of benzene rings is 2. The molecule has 0 fully saturated rings. The van der Waals surface area contributed by atoms with Crippen LogP contribution in [0, 0.1) is 5.92 Å². The normalized spacial score (nSPS) is 11.7. The van der Waals surface area contributed by atoms with Gasteiger partial charge in [0.1, 0.15) is 0 Å². The van der Waals surface area contributed by atoms with Crippen LogP contribution >= 0.6 is 0 Å². The van der Waals surface area contributed by atoms with Crippen molar-refractivity contribution in [1.29, 1.82) is 0 Å². The van der Waals surface area contributed by atoms with Crippen LogP contribution in [0.3, 0.4) is 0 Å². The number of nitrogens with one attached hydrogen (secondary N) is 3. The van der Waals surface area contributed by atoms with Crippen LogP contribution in [-0.4, -0.2) is 18.5 Å². The molecule has 3 amide bonds. The highest BCUT2D eigenvalue weighted by molar-refractivity contribution is 5.78. The van der Waals surface area contributed by atoms with Crippen molar-refractivity contribution in [3.8, 4) is 0 Å². The van der Waals surface area contributed by atoms with Gasteiger partial charge in [0.2, 0.25) is 5.91 Å². The number of rotatable bonds is 8. The Balaban J connectivity index is 1.71. The first-order valence-corrected chi connectivity index (χ1v) is 8.96. The lowest BCUT2D eigenvalue weighted by atomic mass is 9.96. The summed E-state index contributed by atoms with van der Waals surface area (Å²) in [6.07, 6.45) is 0.245. The molecule has 3 N–H and O–H groups in total. The molecule has 5 heteroatoms. The van der Waals surface area contributed by atoms with E-state index in [1.807, 2.05) is 60.7 Å². The van der Waals surface area contributed by atoms with Crippen molar-refractivity contribution in [3.63, 3.8) is 0 Å². The van der Waals surface area contributed by atoms with E-state index in [9.17, 15) is 9.59 Å². The van der Waals surface area contributed by atoms with Gasteiger partial charge in [0.05, 0.1) is 6.04 Å². The first kappa shape index (κ1) is 19.5. The third-order valence-corrected chi connectivity index (χ3v) is 4.08. The van der Waals surface area contributed by atoms with Gasteiger partial charge in [-0.3, -0.25) is 4.79 Å². The van der Waals surface area contributed by atoms with Crippen molar-refractivity contribution in [2.24, 2.45) is 5.92 Å². The Morgan fingerprint density at radius 1 is 0.885 bits per heavy atom. The van der Waals surface area contributed by atoms with E-state index >= 15 is 0 Å². The lowest BCUT2D eigenvalue weighted by molar-refractivity contribution is -0.122. The van der Waals surface area contributed by atoms with Crippen LogP contribution in [0.4, 0.5) is 4.79 Å². The van der Waals surface area contributed by atoms with E-state index in [1.165, 1.54) is 0 Å². The molecule has 26 heavy (non-hydrogen) atoms. The molecule has 0 saturated carbocycles. The van der Waals surface area contributed by atoms with Crippen LogP contribution in [0.25, 0.3) is 0 Å². The first-order valence-electron chi connectivity index (χ1n) is 8.96. The van der Waals surface area contributed by atoms with E-state index in [0.717, 1.165) is 11.1 Å². The van der Waals surface area contributed by atoms with Crippen molar-refractivity contribution in [2.45, 2.75) is 32.9 Å². The molecule has 138 valence electrons. The van der Waals surface area contributed by atoms with E-state index in [2.05, 4.69) is 29.8 Å².